The van der Waals surface area contributed by atoms with Crippen molar-refractivity contribution in [1.82, 2.24) is 25.1 Å². The highest BCUT2D eigenvalue weighted by Crippen LogP contribution is 2.36. The van der Waals surface area contributed by atoms with Gasteiger partial charge in [0, 0.05) is 31.9 Å². The smallest absolute Gasteiger partial charge is 0.173 e. The minimum absolute atomic E-state index is 0. The molecule has 1 fully saturated rings. The van der Waals surface area contributed by atoms with Crippen molar-refractivity contribution in [3.05, 3.63) is 59.7 Å². The molecule has 1 aromatic heterocycles. The van der Waals surface area contributed by atoms with Crippen LogP contribution in [0.5, 0.6) is 11.5 Å². The predicted octanol–water partition coefficient (Wildman–Crippen LogP) is 4.31. The van der Waals surface area contributed by atoms with Crippen LogP contribution in [0, 0.1) is 5.82 Å². The maximum atomic E-state index is 13.4. The molecule has 190 valence electrons. The normalized spacial score (nSPS) is 15.4. The summed E-state index contributed by atoms with van der Waals surface area (Å²) >= 11 is 0. The minimum atomic E-state index is -0.233. The molecule has 0 aliphatic carbocycles. The molecule has 0 saturated carbocycles. The summed E-state index contributed by atoms with van der Waals surface area (Å²) in [7, 11) is 3.27. The average Bonchev–Trinajstić information content (AvgIpc) is 3.35. The lowest BCUT2D eigenvalue weighted by Gasteiger charge is -2.40. The molecule has 1 atom stereocenters. The highest BCUT2D eigenvalue weighted by Gasteiger charge is 2.34. The van der Waals surface area contributed by atoms with Gasteiger partial charge in [-0.05, 0) is 72.7 Å². The fourth-order valence-corrected chi connectivity index (χ4v) is 4.38. The van der Waals surface area contributed by atoms with E-state index in [2.05, 4.69) is 52.2 Å². The van der Waals surface area contributed by atoms with Crippen LogP contribution >= 0.6 is 12.4 Å². The summed E-state index contributed by atoms with van der Waals surface area (Å²) in [5.41, 5.74) is 1.83. The van der Waals surface area contributed by atoms with E-state index in [-0.39, 0.29) is 29.8 Å². The van der Waals surface area contributed by atoms with Gasteiger partial charge in [0.25, 0.3) is 0 Å². The van der Waals surface area contributed by atoms with Gasteiger partial charge in [0.05, 0.1) is 25.8 Å². The van der Waals surface area contributed by atoms with E-state index >= 15 is 0 Å². The Bertz CT molecular complexity index is 1100. The van der Waals surface area contributed by atoms with Crippen LogP contribution in [0.2, 0.25) is 0 Å². The molecule has 0 N–H and O–H groups in total. The standard InChI is InChI=1S/C25H33FN6O2.ClH/c1-6-25(2,3)32-24(27-28-29-32)23(18-7-12-21(33-4)22(17-18)34-5)31-15-13-30(14-16-31)20-10-8-19(26)9-11-20;/h7-12,17,23H,6,13-16H2,1-5H3;1H. The Kier molecular flexibility index (Phi) is 8.56. The number of hydrogen-bond acceptors (Lipinski definition) is 7. The Morgan fingerprint density at radius 2 is 1.63 bits per heavy atom. The Balaban J connectivity index is 0.00000342. The van der Waals surface area contributed by atoms with Crippen LogP contribution in [0.15, 0.2) is 42.5 Å². The van der Waals surface area contributed by atoms with Crippen molar-refractivity contribution in [3.8, 4) is 11.5 Å². The maximum Gasteiger partial charge on any atom is 0.173 e. The number of aromatic nitrogens is 4. The van der Waals surface area contributed by atoms with Crippen LogP contribution < -0.4 is 14.4 Å². The van der Waals surface area contributed by atoms with Gasteiger partial charge in [0.2, 0.25) is 0 Å². The molecule has 0 amide bonds. The van der Waals surface area contributed by atoms with Crippen molar-refractivity contribution in [3.63, 3.8) is 0 Å². The van der Waals surface area contributed by atoms with E-state index < -0.39 is 0 Å². The van der Waals surface area contributed by atoms with E-state index in [4.69, 9.17) is 9.47 Å². The van der Waals surface area contributed by atoms with Gasteiger partial charge in [-0.3, -0.25) is 4.90 Å². The second-order valence-electron chi connectivity index (χ2n) is 9.13. The summed E-state index contributed by atoms with van der Waals surface area (Å²) < 4.78 is 26.4. The van der Waals surface area contributed by atoms with Crippen molar-refractivity contribution >= 4 is 18.1 Å². The van der Waals surface area contributed by atoms with E-state index in [1.807, 2.05) is 28.9 Å². The van der Waals surface area contributed by atoms with Crippen molar-refractivity contribution < 1.29 is 13.9 Å². The van der Waals surface area contributed by atoms with Crippen molar-refractivity contribution in [2.24, 2.45) is 0 Å². The van der Waals surface area contributed by atoms with Crippen LogP contribution in [0.25, 0.3) is 0 Å². The van der Waals surface area contributed by atoms with E-state index in [1.165, 1.54) is 12.1 Å². The summed E-state index contributed by atoms with van der Waals surface area (Å²) in [6.07, 6.45) is 0.891. The molecule has 0 spiro atoms. The molecule has 1 aliphatic heterocycles. The highest BCUT2D eigenvalue weighted by molar-refractivity contribution is 5.85. The molecule has 8 nitrogen and oxygen atoms in total. The number of ether oxygens (including phenoxy) is 2. The Labute approximate surface area is 212 Å². The molecule has 4 rings (SSSR count). The van der Waals surface area contributed by atoms with E-state index in [1.54, 1.807) is 14.2 Å². The molecule has 1 unspecified atom stereocenters. The summed E-state index contributed by atoms with van der Waals surface area (Å²) in [6.45, 7) is 9.66. The van der Waals surface area contributed by atoms with Gasteiger partial charge in [-0.2, -0.15) is 0 Å². The summed E-state index contributed by atoms with van der Waals surface area (Å²) in [6, 6.07) is 12.5. The Morgan fingerprint density at radius 1 is 0.971 bits per heavy atom. The first-order valence-corrected chi connectivity index (χ1v) is 11.6. The number of piperazine rings is 1. The molecule has 1 saturated heterocycles. The van der Waals surface area contributed by atoms with Crippen LogP contribution in [0.1, 0.15) is 44.6 Å². The summed E-state index contributed by atoms with van der Waals surface area (Å²) in [5, 5.41) is 12.9. The molecule has 0 bridgehead atoms. The first-order chi connectivity index (χ1) is 16.4. The first-order valence-electron chi connectivity index (χ1n) is 11.6. The number of anilines is 1. The van der Waals surface area contributed by atoms with Crippen LogP contribution in [-0.4, -0.2) is 65.5 Å². The molecular formula is C25H34ClFN6O2. The van der Waals surface area contributed by atoms with Gasteiger partial charge in [0.15, 0.2) is 17.3 Å². The molecule has 3 aromatic rings. The van der Waals surface area contributed by atoms with E-state index in [0.717, 1.165) is 49.7 Å². The number of nitrogens with zero attached hydrogens (tertiary/aromatic N) is 6. The zero-order chi connectivity index (χ0) is 24.3. The molecule has 35 heavy (non-hydrogen) atoms. The third kappa shape index (κ3) is 5.51. The minimum Gasteiger partial charge on any atom is -0.493 e. The van der Waals surface area contributed by atoms with E-state index in [9.17, 15) is 4.39 Å². The monoisotopic (exact) mass is 504 g/mol. The van der Waals surface area contributed by atoms with Crippen LogP contribution in [-0.2, 0) is 5.54 Å². The lowest BCUT2D eigenvalue weighted by molar-refractivity contribution is 0.187. The molecule has 2 heterocycles. The largest absolute Gasteiger partial charge is 0.493 e. The molecule has 10 heteroatoms. The van der Waals surface area contributed by atoms with Gasteiger partial charge in [0.1, 0.15) is 5.82 Å². The number of methoxy groups -OCH3 is 2. The van der Waals surface area contributed by atoms with Crippen LogP contribution in [0.4, 0.5) is 10.1 Å². The van der Waals surface area contributed by atoms with Crippen molar-refractivity contribution in [2.75, 3.05) is 45.3 Å². The molecule has 2 aromatic carbocycles. The maximum absolute atomic E-state index is 13.4. The summed E-state index contributed by atoms with van der Waals surface area (Å²) in [4.78, 5) is 4.68. The van der Waals surface area contributed by atoms with Gasteiger partial charge >= 0.3 is 0 Å². The van der Waals surface area contributed by atoms with Crippen LogP contribution in [0.3, 0.4) is 0 Å². The molecule has 0 radical (unpaired) electrons. The zero-order valence-electron chi connectivity index (χ0n) is 20.9. The van der Waals surface area contributed by atoms with Gasteiger partial charge in [-0.15, -0.1) is 17.5 Å². The number of rotatable bonds is 8. The number of hydrogen-bond donors (Lipinski definition) is 0. The lowest BCUT2D eigenvalue weighted by Crippen LogP contribution is -2.48. The Morgan fingerprint density at radius 3 is 2.23 bits per heavy atom. The van der Waals surface area contributed by atoms with Gasteiger partial charge < -0.3 is 14.4 Å². The SMILES string of the molecule is CCC(C)(C)n1nnnc1C(c1ccc(OC)c(OC)c1)N1CCN(c2ccc(F)cc2)CC1.Cl. The van der Waals surface area contributed by atoms with E-state index in [0.29, 0.717) is 11.5 Å². The quantitative estimate of drug-likeness (QED) is 0.453. The van der Waals surface area contributed by atoms with Crippen molar-refractivity contribution in [1.29, 1.82) is 0 Å². The molecular weight excluding hydrogens is 471 g/mol. The second-order valence-corrected chi connectivity index (χ2v) is 9.13. The first kappa shape index (κ1) is 26.7. The Hall–Kier alpha value is -2.91. The third-order valence-electron chi connectivity index (χ3n) is 6.77. The lowest BCUT2D eigenvalue weighted by atomic mass is 9.98. The number of halogens is 2. The third-order valence-corrected chi connectivity index (χ3v) is 6.77. The fourth-order valence-electron chi connectivity index (χ4n) is 4.38. The topological polar surface area (TPSA) is 68.5 Å². The summed E-state index contributed by atoms with van der Waals surface area (Å²) in [5.74, 6) is 1.93. The number of benzene rings is 2. The van der Waals surface area contributed by atoms with Crippen molar-refractivity contribution in [2.45, 2.75) is 38.8 Å². The fraction of sp³-hybridized carbons (Fsp3) is 0.480. The second kappa shape index (κ2) is 11.2. The number of tetrazole rings is 1. The van der Waals surface area contributed by atoms with Gasteiger partial charge in [-0.25, -0.2) is 9.07 Å². The van der Waals surface area contributed by atoms with Gasteiger partial charge in [-0.1, -0.05) is 13.0 Å². The average molecular weight is 505 g/mol. The zero-order valence-corrected chi connectivity index (χ0v) is 21.8. The highest BCUT2D eigenvalue weighted by atomic mass is 35.5. The predicted molar refractivity (Wildman–Crippen MR) is 136 cm³/mol. The molecule has 1 aliphatic rings.